The topological polar surface area (TPSA) is 70.1 Å². The minimum atomic E-state index is 0.204. The molecule has 0 radical (unpaired) electrons. The minimum Gasteiger partial charge on any atom is -0.506 e. The standard InChI is InChI=1S/C13H14N4O/c18-12-4-2-1-3-11(12)15-13-7-9-8-14-6-5-10(9)16-17-13/h1-4,7,14,18H,5-6,8H2,(H,15,17). The van der Waals surface area contributed by atoms with Gasteiger partial charge in [0.2, 0.25) is 0 Å². The van der Waals surface area contributed by atoms with Crippen LogP contribution in [0.15, 0.2) is 30.3 Å². The Morgan fingerprint density at radius 2 is 2.11 bits per heavy atom. The molecule has 5 nitrogen and oxygen atoms in total. The fourth-order valence-corrected chi connectivity index (χ4v) is 2.03. The highest BCUT2D eigenvalue weighted by Crippen LogP contribution is 2.25. The molecule has 0 spiro atoms. The van der Waals surface area contributed by atoms with Crippen molar-refractivity contribution in [1.82, 2.24) is 15.5 Å². The molecule has 18 heavy (non-hydrogen) atoms. The summed E-state index contributed by atoms with van der Waals surface area (Å²) >= 11 is 0. The number of hydrogen-bond acceptors (Lipinski definition) is 5. The Morgan fingerprint density at radius 3 is 3.00 bits per heavy atom. The van der Waals surface area contributed by atoms with E-state index in [4.69, 9.17) is 0 Å². The van der Waals surface area contributed by atoms with Crippen LogP contribution >= 0.6 is 0 Å². The number of hydrogen-bond donors (Lipinski definition) is 3. The number of benzene rings is 1. The van der Waals surface area contributed by atoms with Crippen LogP contribution in [0.2, 0.25) is 0 Å². The molecule has 2 aromatic rings. The molecule has 2 heterocycles. The second-order valence-corrected chi connectivity index (χ2v) is 4.27. The van der Waals surface area contributed by atoms with Crippen LogP contribution < -0.4 is 10.6 Å². The zero-order valence-corrected chi connectivity index (χ0v) is 9.85. The lowest BCUT2D eigenvalue weighted by atomic mass is 10.1. The van der Waals surface area contributed by atoms with Crippen LogP contribution in [0.5, 0.6) is 5.75 Å². The number of anilines is 2. The summed E-state index contributed by atoms with van der Waals surface area (Å²) in [5.74, 6) is 0.856. The first-order valence-corrected chi connectivity index (χ1v) is 5.94. The van der Waals surface area contributed by atoms with Crippen LogP contribution in [-0.4, -0.2) is 21.8 Å². The molecule has 5 heteroatoms. The number of nitrogens with one attached hydrogen (secondary N) is 2. The number of rotatable bonds is 2. The second-order valence-electron chi connectivity index (χ2n) is 4.27. The molecule has 3 rings (SSSR count). The summed E-state index contributed by atoms with van der Waals surface area (Å²) in [4.78, 5) is 0. The van der Waals surface area contributed by atoms with Crippen molar-refractivity contribution in [2.75, 3.05) is 11.9 Å². The number of phenolic OH excluding ortho intramolecular Hbond substituents is 1. The molecule has 1 aliphatic rings. The number of para-hydroxylation sites is 2. The van der Waals surface area contributed by atoms with Crippen molar-refractivity contribution in [3.05, 3.63) is 41.6 Å². The third-order valence-corrected chi connectivity index (χ3v) is 2.98. The van der Waals surface area contributed by atoms with Gasteiger partial charge in [0.25, 0.3) is 0 Å². The molecular weight excluding hydrogens is 228 g/mol. The van der Waals surface area contributed by atoms with E-state index in [-0.39, 0.29) is 5.75 Å². The SMILES string of the molecule is Oc1ccccc1Nc1cc2c(nn1)CCNC2. The van der Waals surface area contributed by atoms with Gasteiger partial charge in [0, 0.05) is 19.5 Å². The largest absolute Gasteiger partial charge is 0.506 e. The van der Waals surface area contributed by atoms with E-state index in [1.165, 1.54) is 0 Å². The van der Waals surface area contributed by atoms with Gasteiger partial charge in [0.15, 0.2) is 5.82 Å². The van der Waals surface area contributed by atoms with E-state index < -0.39 is 0 Å². The van der Waals surface area contributed by atoms with Crippen LogP contribution in [0.25, 0.3) is 0 Å². The average Bonchev–Trinajstić information content (AvgIpc) is 2.41. The lowest BCUT2D eigenvalue weighted by Crippen LogP contribution is -2.25. The van der Waals surface area contributed by atoms with Crippen LogP contribution in [0.4, 0.5) is 11.5 Å². The van der Waals surface area contributed by atoms with E-state index in [2.05, 4.69) is 20.8 Å². The molecule has 0 fully saturated rings. The monoisotopic (exact) mass is 242 g/mol. The molecule has 0 unspecified atom stereocenters. The first kappa shape index (κ1) is 11.0. The van der Waals surface area contributed by atoms with Crippen molar-refractivity contribution in [2.45, 2.75) is 13.0 Å². The summed E-state index contributed by atoms with van der Waals surface area (Å²) < 4.78 is 0. The highest BCUT2D eigenvalue weighted by atomic mass is 16.3. The molecule has 1 aromatic heterocycles. The van der Waals surface area contributed by atoms with Gasteiger partial charge in [-0.15, -0.1) is 5.10 Å². The molecule has 0 amide bonds. The molecule has 0 saturated heterocycles. The number of aromatic nitrogens is 2. The first-order valence-electron chi connectivity index (χ1n) is 5.94. The molecule has 0 bridgehead atoms. The van der Waals surface area contributed by atoms with Gasteiger partial charge in [0.1, 0.15) is 5.75 Å². The molecule has 1 aliphatic heterocycles. The van der Waals surface area contributed by atoms with Gasteiger partial charge in [-0.25, -0.2) is 0 Å². The van der Waals surface area contributed by atoms with Gasteiger partial charge in [-0.3, -0.25) is 0 Å². The van der Waals surface area contributed by atoms with Crippen molar-refractivity contribution in [2.24, 2.45) is 0 Å². The van der Waals surface area contributed by atoms with E-state index in [0.29, 0.717) is 11.5 Å². The maximum atomic E-state index is 9.69. The van der Waals surface area contributed by atoms with Gasteiger partial charge in [-0.2, -0.15) is 5.10 Å². The average molecular weight is 242 g/mol. The summed E-state index contributed by atoms with van der Waals surface area (Å²) in [6, 6.07) is 9.05. The smallest absolute Gasteiger partial charge is 0.153 e. The maximum Gasteiger partial charge on any atom is 0.153 e. The van der Waals surface area contributed by atoms with Gasteiger partial charge in [0.05, 0.1) is 11.4 Å². The Bertz CT molecular complexity index is 571. The minimum absolute atomic E-state index is 0.204. The third-order valence-electron chi connectivity index (χ3n) is 2.98. The van der Waals surface area contributed by atoms with Crippen molar-refractivity contribution in [3.8, 4) is 5.75 Å². The predicted octanol–water partition coefficient (Wildman–Crippen LogP) is 1.57. The van der Waals surface area contributed by atoms with Gasteiger partial charge in [-0.05, 0) is 23.8 Å². The first-order chi connectivity index (χ1) is 8.83. The molecule has 0 atom stereocenters. The van der Waals surface area contributed by atoms with Crippen LogP contribution in [0.1, 0.15) is 11.3 Å². The molecule has 3 N–H and O–H groups in total. The fraction of sp³-hybridized carbons (Fsp3) is 0.231. The molecular formula is C13H14N4O. The Balaban J connectivity index is 1.87. The molecule has 92 valence electrons. The van der Waals surface area contributed by atoms with Crippen LogP contribution in [0.3, 0.4) is 0 Å². The van der Waals surface area contributed by atoms with Gasteiger partial charge >= 0.3 is 0 Å². The van der Waals surface area contributed by atoms with E-state index >= 15 is 0 Å². The van der Waals surface area contributed by atoms with E-state index in [0.717, 1.165) is 30.8 Å². The lowest BCUT2D eigenvalue weighted by Gasteiger charge is -2.16. The molecule has 0 aliphatic carbocycles. The maximum absolute atomic E-state index is 9.69. The summed E-state index contributed by atoms with van der Waals surface area (Å²) in [5, 5.41) is 24.4. The van der Waals surface area contributed by atoms with E-state index in [9.17, 15) is 5.11 Å². The Morgan fingerprint density at radius 1 is 1.22 bits per heavy atom. The van der Waals surface area contributed by atoms with Gasteiger partial charge in [-0.1, -0.05) is 12.1 Å². The molecule has 0 saturated carbocycles. The normalized spacial score (nSPS) is 14.0. The number of phenols is 1. The highest BCUT2D eigenvalue weighted by molar-refractivity contribution is 5.63. The lowest BCUT2D eigenvalue weighted by molar-refractivity contribution is 0.477. The number of aromatic hydroxyl groups is 1. The zero-order chi connectivity index (χ0) is 12.4. The second kappa shape index (κ2) is 4.62. The van der Waals surface area contributed by atoms with Crippen molar-refractivity contribution in [3.63, 3.8) is 0 Å². The van der Waals surface area contributed by atoms with Crippen molar-refractivity contribution >= 4 is 11.5 Å². The summed E-state index contributed by atoms with van der Waals surface area (Å²) in [6.45, 7) is 1.77. The quantitative estimate of drug-likeness (QED) is 0.697. The Hall–Kier alpha value is -2.14. The zero-order valence-electron chi connectivity index (χ0n) is 9.85. The molecule has 1 aromatic carbocycles. The summed E-state index contributed by atoms with van der Waals surface area (Å²) in [7, 11) is 0. The number of nitrogens with zero attached hydrogens (tertiary/aromatic N) is 2. The van der Waals surface area contributed by atoms with E-state index in [1.807, 2.05) is 12.1 Å². The summed E-state index contributed by atoms with van der Waals surface area (Å²) in [5.41, 5.74) is 2.85. The summed E-state index contributed by atoms with van der Waals surface area (Å²) in [6.07, 6.45) is 0.916. The Kier molecular flexibility index (Phi) is 2.82. The fourth-order valence-electron chi connectivity index (χ4n) is 2.03. The van der Waals surface area contributed by atoms with Crippen LogP contribution in [-0.2, 0) is 13.0 Å². The predicted molar refractivity (Wildman–Crippen MR) is 68.8 cm³/mol. The van der Waals surface area contributed by atoms with Crippen LogP contribution in [0, 0.1) is 0 Å². The van der Waals surface area contributed by atoms with Crippen molar-refractivity contribution < 1.29 is 5.11 Å². The number of fused-ring (bicyclic) bond motifs is 1. The highest BCUT2D eigenvalue weighted by Gasteiger charge is 2.12. The van der Waals surface area contributed by atoms with E-state index in [1.54, 1.807) is 18.2 Å². The van der Waals surface area contributed by atoms with Gasteiger partial charge < -0.3 is 15.7 Å². The van der Waals surface area contributed by atoms with Crippen molar-refractivity contribution in [1.29, 1.82) is 0 Å². The Labute approximate surface area is 105 Å². The third kappa shape index (κ3) is 2.12.